The Morgan fingerprint density at radius 2 is 1.62 bits per heavy atom. The molecule has 0 fully saturated rings. The van der Waals surface area contributed by atoms with Crippen molar-refractivity contribution in [2.75, 3.05) is 5.32 Å². The molecule has 0 aliphatic heterocycles. The molecule has 0 aliphatic rings. The molecule has 5 heteroatoms. The molecular weight excluding hydrogens is 386 g/mol. The van der Waals surface area contributed by atoms with Crippen LogP contribution in [-0.4, -0.2) is 11.9 Å². The van der Waals surface area contributed by atoms with Gasteiger partial charge in [-0.2, -0.15) is 0 Å². The molecule has 0 unspecified atom stereocenters. The Hall–Kier alpha value is -3.37. The van der Waals surface area contributed by atoms with Gasteiger partial charge in [0, 0.05) is 22.3 Å². The fraction of sp³-hybridized carbons (Fsp3) is 0.0833. The third kappa shape index (κ3) is 5.80. The minimum absolute atomic E-state index is 0.225. The van der Waals surface area contributed by atoms with E-state index in [9.17, 15) is 9.59 Å². The van der Waals surface area contributed by atoms with E-state index in [1.165, 1.54) is 6.08 Å². The first-order valence-electron chi connectivity index (χ1n) is 9.05. The maximum atomic E-state index is 12.4. The number of anilines is 1. The maximum Gasteiger partial charge on any atom is 0.336 e. The standard InChI is InChI=1S/C24H20ClNO3/c1-16-3-13-22(17(2)15-16)26-24(28)19-7-11-21(12-8-19)29-23(27)14-6-18-4-9-20(25)10-5-18/h3-15H,1-2H3,(H,26,28)/b14-6+. The molecule has 146 valence electrons. The molecule has 0 bridgehead atoms. The van der Waals surface area contributed by atoms with Crippen LogP contribution in [0, 0.1) is 13.8 Å². The van der Waals surface area contributed by atoms with Crippen LogP contribution in [0.25, 0.3) is 6.08 Å². The number of hydrogen-bond donors (Lipinski definition) is 1. The van der Waals surface area contributed by atoms with Crippen LogP contribution in [-0.2, 0) is 4.79 Å². The Morgan fingerprint density at radius 3 is 2.28 bits per heavy atom. The van der Waals surface area contributed by atoms with E-state index in [0.717, 1.165) is 22.4 Å². The minimum Gasteiger partial charge on any atom is -0.423 e. The quantitative estimate of drug-likeness (QED) is 0.330. The van der Waals surface area contributed by atoms with Gasteiger partial charge in [-0.25, -0.2) is 4.79 Å². The number of carbonyl (C=O) groups excluding carboxylic acids is 2. The Bertz CT molecular complexity index is 1050. The number of aryl methyl sites for hydroxylation is 2. The van der Waals surface area contributed by atoms with Crippen LogP contribution in [0.1, 0.15) is 27.0 Å². The highest BCUT2D eigenvalue weighted by Gasteiger charge is 2.09. The summed E-state index contributed by atoms with van der Waals surface area (Å²) in [6, 6.07) is 19.3. The van der Waals surface area contributed by atoms with Crippen molar-refractivity contribution in [2.24, 2.45) is 0 Å². The molecule has 3 aromatic rings. The molecule has 3 aromatic carbocycles. The van der Waals surface area contributed by atoms with Gasteiger partial charge in [0.05, 0.1) is 0 Å². The maximum absolute atomic E-state index is 12.4. The second-order valence-corrected chi connectivity index (χ2v) is 7.04. The van der Waals surface area contributed by atoms with Crippen molar-refractivity contribution in [3.8, 4) is 5.75 Å². The van der Waals surface area contributed by atoms with Crippen molar-refractivity contribution in [2.45, 2.75) is 13.8 Å². The fourth-order valence-electron chi connectivity index (χ4n) is 2.71. The lowest BCUT2D eigenvalue weighted by Gasteiger charge is -2.09. The number of halogens is 1. The molecule has 0 spiro atoms. The Kier molecular flexibility index (Phi) is 6.47. The first-order chi connectivity index (χ1) is 13.9. The van der Waals surface area contributed by atoms with Gasteiger partial charge in [0.25, 0.3) is 5.91 Å². The van der Waals surface area contributed by atoms with Crippen molar-refractivity contribution in [1.82, 2.24) is 0 Å². The van der Waals surface area contributed by atoms with Gasteiger partial charge < -0.3 is 10.1 Å². The van der Waals surface area contributed by atoms with E-state index in [1.807, 2.05) is 32.0 Å². The highest BCUT2D eigenvalue weighted by atomic mass is 35.5. The number of nitrogens with one attached hydrogen (secondary N) is 1. The average Bonchev–Trinajstić information content (AvgIpc) is 2.70. The van der Waals surface area contributed by atoms with Gasteiger partial charge in [0.15, 0.2) is 0 Å². The summed E-state index contributed by atoms with van der Waals surface area (Å²) in [6.45, 7) is 3.95. The highest BCUT2D eigenvalue weighted by Crippen LogP contribution is 2.19. The second kappa shape index (κ2) is 9.22. The summed E-state index contributed by atoms with van der Waals surface area (Å²) in [6.07, 6.45) is 2.98. The topological polar surface area (TPSA) is 55.4 Å². The molecule has 0 atom stereocenters. The van der Waals surface area contributed by atoms with Crippen LogP contribution in [0.2, 0.25) is 5.02 Å². The van der Waals surface area contributed by atoms with Crippen molar-refractivity contribution in [3.63, 3.8) is 0 Å². The van der Waals surface area contributed by atoms with Gasteiger partial charge in [-0.1, -0.05) is 41.4 Å². The zero-order valence-electron chi connectivity index (χ0n) is 16.1. The van der Waals surface area contributed by atoms with E-state index < -0.39 is 5.97 Å². The summed E-state index contributed by atoms with van der Waals surface area (Å²) in [7, 11) is 0. The average molecular weight is 406 g/mol. The first kappa shape index (κ1) is 20.4. The second-order valence-electron chi connectivity index (χ2n) is 6.60. The van der Waals surface area contributed by atoms with Gasteiger partial charge in [-0.05, 0) is 73.5 Å². The van der Waals surface area contributed by atoms with Crippen LogP contribution >= 0.6 is 11.6 Å². The molecule has 0 saturated heterocycles. The number of carbonyl (C=O) groups is 2. The predicted octanol–water partition coefficient (Wildman–Crippen LogP) is 5.83. The number of rotatable bonds is 5. The van der Waals surface area contributed by atoms with E-state index in [2.05, 4.69) is 5.32 Å². The van der Waals surface area contributed by atoms with E-state index in [4.69, 9.17) is 16.3 Å². The SMILES string of the molecule is Cc1ccc(NC(=O)c2ccc(OC(=O)/C=C/c3ccc(Cl)cc3)cc2)c(C)c1. The molecule has 1 amide bonds. The molecule has 3 rings (SSSR count). The van der Waals surface area contributed by atoms with Gasteiger partial charge in [-0.3, -0.25) is 4.79 Å². The van der Waals surface area contributed by atoms with Crippen molar-refractivity contribution in [1.29, 1.82) is 0 Å². The molecule has 0 aromatic heterocycles. The van der Waals surface area contributed by atoms with Crippen LogP contribution in [0.3, 0.4) is 0 Å². The molecule has 0 radical (unpaired) electrons. The van der Waals surface area contributed by atoms with E-state index in [-0.39, 0.29) is 5.91 Å². The molecule has 1 N–H and O–H groups in total. The van der Waals surface area contributed by atoms with Crippen LogP contribution < -0.4 is 10.1 Å². The van der Waals surface area contributed by atoms with Crippen LogP contribution in [0.4, 0.5) is 5.69 Å². The van der Waals surface area contributed by atoms with Crippen LogP contribution in [0.5, 0.6) is 5.75 Å². The number of benzene rings is 3. The molecule has 29 heavy (non-hydrogen) atoms. The lowest BCUT2D eigenvalue weighted by Crippen LogP contribution is -2.13. The molecular formula is C24H20ClNO3. The predicted molar refractivity (Wildman–Crippen MR) is 116 cm³/mol. The van der Waals surface area contributed by atoms with Crippen LogP contribution in [0.15, 0.2) is 72.8 Å². The normalized spacial score (nSPS) is 10.7. The number of amides is 1. The summed E-state index contributed by atoms with van der Waals surface area (Å²) in [4.78, 5) is 24.4. The lowest BCUT2D eigenvalue weighted by atomic mass is 10.1. The Labute approximate surface area is 174 Å². The molecule has 0 heterocycles. The summed E-state index contributed by atoms with van der Waals surface area (Å²) in [5.41, 5.74) is 4.21. The van der Waals surface area contributed by atoms with Crippen molar-refractivity contribution < 1.29 is 14.3 Å². The summed E-state index contributed by atoms with van der Waals surface area (Å²) in [5.74, 6) is -0.372. The fourth-order valence-corrected chi connectivity index (χ4v) is 2.84. The van der Waals surface area contributed by atoms with E-state index >= 15 is 0 Å². The third-order valence-electron chi connectivity index (χ3n) is 4.25. The Morgan fingerprint density at radius 1 is 0.931 bits per heavy atom. The van der Waals surface area contributed by atoms with E-state index in [0.29, 0.717) is 16.3 Å². The third-order valence-corrected chi connectivity index (χ3v) is 4.50. The molecule has 4 nitrogen and oxygen atoms in total. The summed E-state index contributed by atoms with van der Waals surface area (Å²) >= 11 is 5.83. The number of hydrogen-bond acceptors (Lipinski definition) is 3. The van der Waals surface area contributed by atoms with E-state index in [1.54, 1.807) is 54.6 Å². The first-order valence-corrected chi connectivity index (χ1v) is 9.42. The van der Waals surface area contributed by atoms with Gasteiger partial charge in [-0.15, -0.1) is 0 Å². The molecule has 0 saturated carbocycles. The number of ether oxygens (including phenoxy) is 1. The van der Waals surface area contributed by atoms with Gasteiger partial charge in [0.1, 0.15) is 5.75 Å². The summed E-state index contributed by atoms with van der Waals surface area (Å²) in [5, 5.41) is 3.52. The Balaban J connectivity index is 1.59. The smallest absolute Gasteiger partial charge is 0.336 e. The highest BCUT2D eigenvalue weighted by molar-refractivity contribution is 6.30. The summed E-state index contributed by atoms with van der Waals surface area (Å²) < 4.78 is 5.26. The zero-order valence-corrected chi connectivity index (χ0v) is 16.9. The number of esters is 1. The lowest BCUT2D eigenvalue weighted by molar-refractivity contribution is -0.128. The van der Waals surface area contributed by atoms with Gasteiger partial charge >= 0.3 is 5.97 Å². The monoisotopic (exact) mass is 405 g/mol. The minimum atomic E-state index is -0.507. The zero-order chi connectivity index (χ0) is 20.8. The van der Waals surface area contributed by atoms with Crippen molar-refractivity contribution in [3.05, 3.63) is 100 Å². The van der Waals surface area contributed by atoms with Crippen molar-refractivity contribution >= 4 is 35.2 Å². The molecule has 0 aliphatic carbocycles. The van der Waals surface area contributed by atoms with Gasteiger partial charge in [0.2, 0.25) is 0 Å². The largest absolute Gasteiger partial charge is 0.423 e.